The topological polar surface area (TPSA) is 34.2 Å². The van der Waals surface area contributed by atoms with Gasteiger partial charge in [-0.05, 0) is 45.4 Å². The first-order valence-electron chi connectivity index (χ1n) is 5.98. The maximum Gasteiger partial charge on any atom is 0.138 e. The molecule has 0 amide bonds. The van der Waals surface area contributed by atoms with Crippen LogP contribution in [0.5, 0.6) is 5.75 Å². The Labute approximate surface area is 98.2 Å². The van der Waals surface area contributed by atoms with E-state index in [-0.39, 0.29) is 6.10 Å². The zero-order valence-electron chi connectivity index (χ0n) is 10.7. The standard InChI is InChI=1S/C13H22N2O/c1-5-6-15-11(4)12-7-13(9-14-8-12)16-10(2)3/h7-11,15H,5-6H2,1-4H3. The van der Waals surface area contributed by atoms with Gasteiger partial charge in [-0.2, -0.15) is 0 Å². The third-order valence-corrected chi connectivity index (χ3v) is 2.31. The monoisotopic (exact) mass is 222 g/mol. The van der Waals surface area contributed by atoms with Crippen molar-refractivity contribution in [2.75, 3.05) is 6.54 Å². The van der Waals surface area contributed by atoms with E-state index in [0.717, 1.165) is 18.7 Å². The van der Waals surface area contributed by atoms with E-state index in [9.17, 15) is 0 Å². The zero-order chi connectivity index (χ0) is 12.0. The molecule has 1 aromatic rings. The van der Waals surface area contributed by atoms with Gasteiger partial charge >= 0.3 is 0 Å². The molecule has 0 bridgehead atoms. The fourth-order valence-electron chi connectivity index (χ4n) is 1.49. The van der Waals surface area contributed by atoms with Crippen molar-refractivity contribution >= 4 is 0 Å². The zero-order valence-corrected chi connectivity index (χ0v) is 10.7. The van der Waals surface area contributed by atoms with Gasteiger partial charge in [0.2, 0.25) is 0 Å². The molecule has 1 unspecified atom stereocenters. The molecule has 3 nitrogen and oxygen atoms in total. The van der Waals surface area contributed by atoms with E-state index in [1.807, 2.05) is 20.0 Å². The molecule has 1 rings (SSSR count). The van der Waals surface area contributed by atoms with Crippen LogP contribution in [0.2, 0.25) is 0 Å². The SMILES string of the molecule is CCCNC(C)c1cncc(OC(C)C)c1. The molecule has 0 radical (unpaired) electrons. The lowest BCUT2D eigenvalue weighted by Crippen LogP contribution is -2.19. The first-order chi connectivity index (χ1) is 7.63. The average molecular weight is 222 g/mol. The van der Waals surface area contributed by atoms with Crippen LogP contribution in [0.4, 0.5) is 0 Å². The van der Waals surface area contributed by atoms with E-state index >= 15 is 0 Å². The summed E-state index contributed by atoms with van der Waals surface area (Å²) >= 11 is 0. The molecule has 0 saturated heterocycles. The van der Waals surface area contributed by atoms with Gasteiger partial charge in [-0.25, -0.2) is 0 Å². The van der Waals surface area contributed by atoms with Gasteiger partial charge in [-0.15, -0.1) is 0 Å². The van der Waals surface area contributed by atoms with Crippen LogP contribution in [0.1, 0.15) is 45.7 Å². The molecule has 0 saturated carbocycles. The number of hydrogen-bond acceptors (Lipinski definition) is 3. The van der Waals surface area contributed by atoms with Crippen LogP contribution in [0.25, 0.3) is 0 Å². The molecule has 1 heterocycles. The summed E-state index contributed by atoms with van der Waals surface area (Å²) in [6, 6.07) is 2.38. The molecule has 0 aromatic carbocycles. The fourth-order valence-corrected chi connectivity index (χ4v) is 1.49. The van der Waals surface area contributed by atoms with Gasteiger partial charge in [0.1, 0.15) is 5.75 Å². The van der Waals surface area contributed by atoms with Gasteiger partial charge in [0.05, 0.1) is 12.3 Å². The number of nitrogens with zero attached hydrogens (tertiary/aromatic N) is 1. The van der Waals surface area contributed by atoms with Crippen LogP contribution in [0.15, 0.2) is 18.5 Å². The quantitative estimate of drug-likeness (QED) is 0.803. The van der Waals surface area contributed by atoms with E-state index in [4.69, 9.17) is 4.74 Å². The van der Waals surface area contributed by atoms with Crippen LogP contribution >= 0.6 is 0 Å². The predicted molar refractivity (Wildman–Crippen MR) is 66.7 cm³/mol. The Kier molecular flexibility index (Phi) is 5.26. The molecule has 0 aliphatic rings. The molecule has 0 aliphatic heterocycles. The highest BCUT2D eigenvalue weighted by Gasteiger charge is 2.06. The molecule has 1 atom stereocenters. The van der Waals surface area contributed by atoms with Crippen molar-refractivity contribution in [2.24, 2.45) is 0 Å². The third-order valence-electron chi connectivity index (χ3n) is 2.31. The van der Waals surface area contributed by atoms with Crippen LogP contribution in [-0.2, 0) is 0 Å². The van der Waals surface area contributed by atoms with Crippen molar-refractivity contribution in [3.05, 3.63) is 24.0 Å². The van der Waals surface area contributed by atoms with E-state index in [2.05, 4.69) is 30.2 Å². The molecular formula is C13H22N2O. The minimum Gasteiger partial charge on any atom is -0.489 e. The number of rotatable bonds is 6. The van der Waals surface area contributed by atoms with Gasteiger partial charge in [0.25, 0.3) is 0 Å². The van der Waals surface area contributed by atoms with Crippen molar-refractivity contribution in [3.8, 4) is 5.75 Å². The molecule has 90 valence electrons. The summed E-state index contributed by atoms with van der Waals surface area (Å²) in [5, 5.41) is 3.43. The normalized spacial score (nSPS) is 12.8. The summed E-state index contributed by atoms with van der Waals surface area (Å²) in [7, 11) is 0. The van der Waals surface area contributed by atoms with Gasteiger partial charge in [0.15, 0.2) is 0 Å². The highest BCUT2D eigenvalue weighted by atomic mass is 16.5. The Morgan fingerprint density at radius 1 is 1.31 bits per heavy atom. The first kappa shape index (κ1) is 13.0. The van der Waals surface area contributed by atoms with Gasteiger partial charge in [-0.3, -0.25) is 4.98 Å². The maximum atomic E-state index is 5.62. The number of hydrogen-bond donors (Lipinski definition) is 1. The van der Waals surface area contributed by atoms with Crippen molar-refractivity contribution in [2.45, 2.75) is 46.3 Å². The lowest BCUT2D eigenvalue weighted by Gasteiger charge is -2.15. The maximum absolute atomic E-state index is 5.62. The van der Waals surface area contributed by atoms with Crippen LogP contribution < -0.4 is 10.1 Å². The van der Waals surface area contributed by atoms with E-state index in [0.29, 0.717) is 6.04 Å². The molecule has 0 aliphatic carbocycles. The molecule has 0 spiro atoms. The van der Waals surface area contributed by atoms with Crippen molar-refractivity contribution in [1.29, 1.82) is 0 Å². The van der Waals surface area contributed by atoms with E-state index < -0.39 is 0 Å². The number of aromatic nitrogens is 1. The van der Waals surface area contributed by atoms with Crippen molar-refractivity contribution < 1.29 is 4.74 Å². The van der Waals surface area contributed by atoms with Crippen molar-refractivity contribution in [3.63, 3.8) is 0 Å². The summed E-state index contributed by atoms with van der Waals surface area (Å²) in [4.78, 5) is 4.20. The second-order valence-electron chi connectivity index (χ2n) is 4.30. The second-order valence-corrected chi connectivity index (χ2v) is 4.30. The Morgan fingerprint density at radius 2 is 2.06 bits per heavy atom. The summed E-state index contributed by atoms with van der Waals surface area (Å²) in [5.41, 5.74) is 1.17. The molecule has 1 N–H and O–H groups in total. The Balaban J connectivity index is 2.65. The molecule has 0 fully saturated rings. The summed E-state index contributed by atoms with van der Waals surface area (Å²) in [5.74, 6) is 0.845. The number of ether oxygens (including phenoxy) is 1. The highest BCUT2D eigenvalue weighted by Crippen LogP contribution is 2.18. The first-order valence-corrected chi connectivity index (χ1v) is 5.98. The van der Waals surface area contributed by atoms with Gasteiger partial charge in [0, 0.05) is 12.2 Å². The summed E-state index contributed by atoms with van der Waals surface area (Å²) in [6.45, 7) is 9.37. The molecule has 1 aromatic heterocycles. The second kappa shape index (κ2) is 6.48. The molecule has 16 heavy (non-hydrogen) atoms. The third kappa shape index (κ3) is 4.19. The molecule has 3 heteroatoms. The smallest absolute Gasteiger partial charge is 0.138 e. The lowest BCUT2D eigenvalue weighted by molar-refractivity contribution is 0.241. The van der Waals surface area contributed by atoms with Gasteiger partial charge in [-0.1, -0.05) is 6.92 Å². The summed E-state index contributed by atoms with van der Waals surface area (Å²) < 4.78 is 5.62. The van der Waals surface area contributed by atoms with E-state index in [1.165, 1.54) is 5.56 Å². The Bertz CT molecular complexity index is 313. The van der Waals surface area contributed by atoms with Crippen LogP contribution in [0.3, 0.4) is 0 Å². The largest absolute Gasteiger partial charge is 0.489 e. The van der Waals surface area contributed by atoms with Crippen LogP contribution in [0, 0.1) is 0 Å². The Morgan fingerprint density at radius 3 is 2.69 bits per heavy atom. The molecular weight excluding hydrogens is 200 g/mol. The number of pyridine rings is 1. The lowest BCUT2D eigenvalue weighted by atomic mass is 10.1. The fraction of sp³-hybridized carbons (Fsp3) is 0.615. The van der Waals surface area contributed by atoms with E-state index in [1.54, 1.807) is 6.20 Å². The van der Waals surface area contributed by atoms with Crippen molar-refractivity contribution in [1.82, 2.24) is 10.3 Å². The minimum atomic E-state index is 0.191. The van der Waals surface area contributed by atoms with Gasteiger partial charge < -0.3 is 10.1 Å². The Hall–Kier alpha value is -1.09. The predicted octanol–water partition coefficient (Wildman–Crippen LogP) is 2.93. The minimum absolute atomic E-state index is 0.191. The number of nitrogens with one attached hydrogen (secondary N) is 1. The van der Waals surface area contributed by atoms with Crippen LogP contribution in [-0.4, -0.2) is 17.6 Å². The average Bonchev–Trinajstić information content (AvgIpc) is 2.25. The summed E-state index contributed by atoms with van der Waals surface area (Å²) in [6.07, 6.45) is 4.98. The highest BCUT2D eigenvalue weighted by molar-refractivity contribution is 5.25.